The standard InChI is InChI=1S/C20H17BrFIN2O2/c1-12(2)25-20(26)15(10-24)7-13-8-16(21)19(18(23)9-13)27-11-14-5-3-4-6-17(14)22/h3-9,12H,11H2,1-2H3,(H,25,26)/b15-7-. The summed E-state index contributed by atoms with van der Waals surface area (Å²) >= 11 is 5.54. The van der Waals surface area contributed by atoms with Crippen molar-refractivity contribution in [1.82, 2.24) is 5.32 Å². The largest absolute Gasteiger partial charge is 0.486 e. The maximum absolute atomic E-state index is 13.7. The predicted molar refractivity (Wildman–Crippen MR) is 114 cm³/mol. The third kappa shape index (κ3) is 6.04. The molecular weight excluding hydrogens is 526 g/mol. The smallest absolute Gasteiger partial charge is 0.262 e. The van der Waals surface area contributed by atoms with Crippen LogP contribution in [-0.4, -0.2) is 11.9 Å². The van der Waals surface area contributed by atoms with Gasteiger partial charge in [0.2, 0.25) is 0 Å². The van der Waals surface area contributed by atoms with Crippen LogP contribution in [0.1, 0.15) is 25.0 Å². The van der Waals surface area contributed by atoms with E-state index >= 15 is 0 Å². The molecule has 0 aliphatic heterocycles. The minimum Gasteiger partial charge on any atom is -0.486 e. The monoisotopic (exact) mass is 542 g/mol. The van der Waals surface area contributed by atoms with Gasteiger partial charge in [0.1, 0.15) is 29.8 Å². The summed E-state index contributed by atoms with van der Waals surface area (Å²) in [4.78, 5) is 12.0. The lowest BCUT2D eigenvalue weighted by atomic mass is 10.1. The SMILES string of the molecule is CC(C)NC(=O)/C(C#N)=C\c1cc(Br)c(OCc2ccccc2F)c(I)c1. The molecule has 0 saturated heterocycles. The molecule has 1 amide bonds. The summed E-state index contributed by atoms with van der Waals surface area (Å²) in [6.07, 6.45) is 1.52. The molecule has 2 aromatic rings. The van der Waals surface area contributed by atoms with Crippen molar-refractivity contribution in [3.63, 3.8) is 0 Å². The van der Waals surface area contributed by atoms with Gasteiger partial charge in [-0.25, -0.2) is 4.39 Å². The molecule has 0 aromatic heterocycles. The highest BCUT2D eigenvalue weighted by molar-refractivity contribution is 14.1. The zero-order chi connectivity index (χ0) is 20.0. The molecule has 0 heterocycles. The number of amides is 1. The highest BCUT2D eigenvalue weighted by Crippen LogP contribution is 2.33. The van der Waals surface area contributed by atoms with E-state index in [9.17, 15) is 14.4 Å². The number of nitrogens with one attached hydrogen (secondary N) is 1. The molecule has 140 valence electrons. The van der Waals surface area contributed by atoms with Gasteiger partial charge in [0.05, 0.1) is 8.04 Å². The van der Waals surface area contributed by atoms with Gasteiger partial charge in [-0.2, -0.15) is 5.26 Å². The van der Waals surface area contributed by atoms with Crippen molar-refractivity contribution in [2.45, 2.75) is 26.5 Å². The number of ether oxygens (including phenoxy) is 1. The summed E-state index contributed by atoms with van der Waals surface area (Å²) in [6, 6.07) is 11.8. The number of halogens is 3. The lowest BCUT2D eigenvalue weighted by Gasteiger charge is -2.12. The molecule has 2 rings (SSSR count). The van der Waals surface area contributed by atoms with E-state index in [4.69, 9.17) is 4.74 Å². The first-order chi connectivity index (χ1) is 12.8. The fourth-order valence-corrected chi connectivity index (χ4v) is 3.99. The first-order valence-electron chi connectivity index (χ1n) is 8.09. The van der Waals surface area contributed by atoms with Gasteiger partial charge < -0.3 is 10.1 Å². The number of hydrogen-bond acceptors (Lipinski definition) is 3. The normalized spacial score (nSPS) is 11.2. The van der Waals surface area contributed by atoms with E-state index in [-0.39, 0.29) is 24.0 Å². The molecule has 0 bridgehead atoms. The van der Waals surface area contributed by atoms with Gasteiger partial charge in [0.25, 0.3) is 5.91 Å². The van der Waals surface area contributed by atoms with Gasteiger partial charge in [-0.3, -0.25) is 4.79 Å². The highest BCUT2D eigenvalue weighted by Gasteiger charge is 2.13. The van der Waals surface area contributed by atoms with Crippen molar-refractivity contribution in [3.05, 3.63) is 67.0 Å². The van der Waals surface area contributed by atoms with E-state index in [1.54, 1.807) is 30.3 Å². The summed E-state index contributed by atoms with van der Waals surface area (Å²) in [5.41, 5.74) is 1.16. The summed E-state index contributed by atoms with van der Waals surface area (Å²) in [5.74, 6) is -0.169. The van der Waals surface area contributed by atoms with Crippen LogP contribution in [0.2, 0.25) is 0 Å². The van der Waals surface area contributed by atoms with Gasteiger partial charge in [-0.05, 0) is 82.2 Å². The first-order valence-corrected chi connectivity index (χ1v) is 9.97. The van der Waals surface area contributed by atoms with E-state index in [2.05, 4.69) is 43.8 Å². The fourth-order valence-electron chi connectivity index (χ4n) is 2.22. The van der Waals surface area contributed by atoms with E-state index in [0.717, 1.165) is 3.57 Å². The Morgan fingerprint density at radius 3 is 2.70 bits per heavy atom. The molecule has 0 spiro atoms. The molecule has 0 saturated carbocycles. The van der Waals surface area contributed by atoms with Crippen molar-refractivity contribution in [2.75, 3.05) is 0 Å². The Bertz CT molecular complexity index is 899. The van der Waals surface area contributed by atoms with E-state index in [1.165, 1.54) is 12.1 Å². The van der Waals surface area contributed by atoms with Crippen LogP contribution in [0.5, 0.6) is 5.75 Å². The van der Waals surface area contributed by atoms with Crippen LogP contribution in [0, 0.1) is 20.7 Å². The Balaban J connectivity index is 2.23. The van der Waals surface area contributed by atoms with Gasteiger partial charge in [-0.1, -0.05) is 18.2 Å². The Morgan fingerprint density at radius 2 is 2.11 bits per heavy atom. The van der Waals surface area contributed by atoms with Crippen molar-refractivity contribution in [3.8, 4) is 11.8 Å². The minimum atomic E-state index is -0.418. The molecule has 0 aliphatic carbocycles. The van der Waals surface area contributed by atoms with Crippen molar-refractivity contribution >= 4 is 50.5 Å². The molecule has 0 aliphatic rings. The molecule has 27 heavy (non-hydrogen) atoms. The third-order valence-electron chi connectivity index (χ3n) is 3.45. The number of nitrogens with zero attached hydrogens (tertiary/aromatic N) is 1. The Kier molecular flexibility index (Phi) is 7.80. The van der Waals surface area contributed by atoms with Crippen LogP contribution < -0.4 is 10.1 Å². The maximum Gasteiger partial charge on any atom is 0.262 e. The van der Waals surface area contributed by atoms with E-state index < -0.39 is 5.91 Å². The Labute approximate surface area is 179 Å². The highest BCUT2D eigenvalue weighted by atomic mass is 127. The van der Waals surface area contributed by atoms with Gasteiger partial charge in [-0.15, -0.1) is 0 Å². The van der Waals surface area contributed by atoms with Crippen molar-refractivity contribution < 1.29 is 13.9 Å². The molecular formula is C20H17BrFIN2O2. The summed E-state index contributed by atoms with van der Waals surface area (Å²) in [5, 5.41) is 11.9. The molecule has 0 radical (unpaired) electrons. The molecule has 4 nitrogen and oxygen atoms in total. The van der Waals surface area contributed by atoms with E-state index in [0.29, 0.717) is 21.3 Å². The van der Waals surface area contributed by atoms with Crippen LogP contribution in [0.3, 0.4) is 0 Å². The fraction of sp³-hybridized carbons (Fsp3) is 0.200. The average molecular weight is 543 g/mol. The number of carbonyl (C=O) groups excluding carboxylic acids is 1. The molecule has 0 fully saturated rings. The Hall–Kier alpha value is -1.92. The number of hydrogen-bond donors (Lipinski definition) is 1. The summed E-state index contributed by atoms with van der Waals surface area (Å²) < 4.78 is 20.9. The minimum absolute atomic E-state index is 0.0198. The Morgan fingerprint density at radius 1 is 1.41 bits per heavy atom. The third-order valence-corrected chi connectivity index (χ3v) is 4.84. The second kappa shape index (κ2) is 9.85. The molecule has 0 atom stereocenters. The van der Waals surface area contributed by atoms with Crippen LogP contribution in [0.25, 0.3) is 6.08 Å². The van der Waals surface area contributed by atoms with Gasteiger partial charge in [0, 0.05) is 11.6 Å². The van der Waals surface area contributed by atoms with Crippen LogP contribution in [0.15, 0.2) is 46.4 Å². The molecule has 7 heteroatoms. The van der Waals surface area contributed by atoms with Crippen molar-refractivity contribution in [1.29, 1.82) is 5.26 Å². The van der Waals surface area contributed by atoms with Crippen molar-refractivity contribution in [2.24, 2.45) is 0 Å². The summed E-state index contributed by atoms with van der Waals surface area (Å²) in [6.45, 7) is 3.75. The lowest BCUT2D eigenvalue weighted by molar-refractivity contribution is -0.117. The zero-order valence-corrected chi connectivity index (χ0v) is 18.5. The lowest BCUT2D eigenvalue weighted by Crippen LogP contribution is -2.30. The average Bonchev–Trinajstić information content (AvgIpc) is 2.59. The zero-order valence-electron chi connectivity index (χ0n) is 14.7. The first kappa shape index (κ1) is 21.4. The van der Waals surface area contributed by atoms with Crippen LogP contribution >= 0.6 is 38.5 Å². The second-order valence-corrected chi connectivity index (χ2v) is 8.01. The number of nitriles is 1. The van der Waals surface area contributed by atoms with Gasteiger partial charge in [0.15, 0.2) is 0 Å². The quantitative estimate of drug-likeness (QED) is 0.310. The van der Waals surface area contributed by atoms with E-state index in [1.807, 2.05) is 19.9 Å². The second-order valence-electron chi connectivity index (χ2n) is 5.99. The predicted octanol–water partition coefficient (Wildman–Crippen LogP) is 5.20. The molecule has 0 unspecified atom stereocenters. The number of benzene rings is 2. The van der Waals surface area contributed by atoms with Crippen LogP contribution in [0.4, 0.5) is 4.39 Å². The number of rotatable bonds is 6. The summed E-state index contributed by atoms with van der Waals surface area (Å²) in [7, 11) is 0. The van der Waals surface area contributed by atoms with Gasteiger partial charge >= 0.3 is 0 Å². The number of carbonyl (C=O) groups is 1. The topological polar surface area (TPSA) is 62.1 Å². The molecule has 1 N–H and O–H groups in total. The van der Waals surface area contributed by atoms with Crippen LogP contribution in [-0.2, 0) is 11.4 Å². The maximum atomic E-state index is 13.7. The molecule has 2 aromatic carbocycles.